The molecule has 148 valence electrons. The molecular weight excluding hydrogens is 401 g/mol. The first kappa shape index (κ1) is 20.3. The van der Waals surface area contributed by atoms with Gasteiger partial charge in [-0.2, -0.15) is 20.2 Å². The molecule has 6 nitrogen and oxygen atoms in total. The van der Waals surface area contributed by atoms with Crippen molar-refractivity contribution in [3.8, 4) is 0 Å². The molecule has 0 fully saturated rings. The van der Waals surface area contributed by atoms with E-state index < -0.39 is 10.0 Å². The number of fused-ring (bicyclic) bond motifs is 1. The van der Waals surface area contributed by atoms with Gasteiger partial charge in [-0.05, 0) is 23.8 Å². The van der Waals surface area contributed by atoms with Crippen molar-refractivity contribution >= 4 is 33.5 Å². The Balaban J connectivity index is 1.46. The second-order valence-corrected chi connectivity index (χ2v) is 8.91. The van der Waals surface area contributed by atoms with Gasteiger partial charge < -0.3 is 10.2 Å². The van der Waals surface area contributed by atoms with E-state index in [2.05, 4.69) is 9.71 Å². The molecule has 1 amide bonds. The van der Waals surface area contributed by atoms with E-state index in [9.17, 15) is 17.6 Å². The van der Waals surface area contributed by atoms with Gasteiger partial charge in [0.25, 0.3) is 10.0 Å². The highest BCUT2D eigenvalue weighted by atomic mass is 32.2. The smallest absolute Gasteiger partial charge is 0.285 e. The quantitative estimate of drug-likeness (QED) is 0.694. The summed E-state index contributed by atoms with van der Waals surface area (Å²) >= 11 is 1.53. The fourth-order valence-electron chi connectivity index (χ4n) is 2.77. The molecule has 0 aromatic heterocycles. The summed E-state index contributed by atoms with van der Waals surface area (Å²) in [6.45, 7) is 0.424. The Labute approximate surface area is 167 Å². The summed E-state index contributed by atoms with van der Waals surface area (Å²) in [7, 11) is -2.08. The summed E-state index contributed by atoms with van der Waals surface area (Å²) in [5, 5.41) is 2.78. The number of carbonyl (C=O) groups excluding carboxylic acids is 1. The van der Waals surface area contributed by atoms with Gasteiger partial charge in [0.1, 0.15) is 10.7 Å². The summed E-state index contributed by atoms with van der Waals surface area (Å²) < 4.78 is 41.5. The van der Waals surface area contributed by atoms with Crippen LogP contribution < -0.4 is 5.32 Å². The van der Waals surface area contributed by atoms with Gasteiger partial charge in [0.05, 0.1) is 6.54 Å². The van der Waals surface area contributed by atoms with E-state index in [1.54, 1.807) is 43.4 Å². The first-order chi connectivity index (χ1) is 13.4. The summed E-state index contributed by atoms with van der Waals surface area (Å²) in [5.74, 6) is 0.974. The van der Waals surface area contributed by atoms with E-state index in [0.717, 1.165) is 0 Å². The number of hydrogen-bond acceptors (Lipinski definition) is 5. The first-order valence-electron chi connectivity index (χ1n) is 8.62. The van der Waals surface area contributed by atoms with Crippen molar-refractivity contribution in [3.05, 3.63) is 65.5 Å². The Morgan fingerprint density at radius 3 is 2.68 bits per heavy atom. The Hall–Kier alpha value is -2.39. The Morgan fingerprint density at radius 2 is 1.89 bits per heavy atom. The number of halogens is 1. The highest BCUT2D eigenvalue weighted by Crippen LogP contribution is 2.26. The molecule has 1 heterocycles. The van der Waals surface area contributed by atoms with Crippen LogP contribution in [0.5, 0.6) is 0 Å². The molecule has 1 aliphatic rings. The number of nitrogens with one attached hydrogen (secondary N) is 1. The number of benzene rings is 2. The zero-order valence-electron chi connectivity index (χ0n) is 15.3. The number of hydrogen-bond donors (Lipinski definition) is 1. The lowest BCUT2D eigenvalue weighted by molar-refractivity contribution is -0.121. The summed E-state index contributed by atoms with van der Waals surface area (Å²) in [6.07, 6.45) is 0. The normalized spacial score (nSPS) is 14.3. The minimum Gasteiger partial charge on any atom is -0.354 e. The maximum absolute atomic E-state index is 13.5. The zero-order chi connectivity index (χ0) is 20.1. The molecule has 3 rings (SSSR count). The number of thioether (sulfide) groups is 1. The van der Waals surface area contributed by atoms with Gasteiger partial charge in [-0.1, -0.05) is 30.3 Å². The lowest BCUT2D eigenvalue weighted by atomic mass is 10.2. The Morgan fingerprint density at radius 1 is 1.18 bits per heavy atom. The average molecular weight is 422 g/mol. The lowest BCUT2D eigenvalue weighted by Crippen LogP contribution is -2.39. The molecule has 0 atom stereocenters. The first-order valence-corrected chi connectivity index (χ1v) is 11.2. The molecule has 2 aromatic rings. The van der Waals surface area contributed by atoms with Crippen LogP contribution in [0.4, 0.5) is 4.39 Å². The van der Waals surface area contributed by atoms with E-state index in [1.807, 2.05) is 0 Å². The second kappa shape index (κ2) is 8.74. The van der Waals surface area contributed by atoms with Crippen molar-refractivity contribution in [2.75, 3.05) is 25.9 Å². The number of likely N-dealkylation sites (N-methyl/N-ethyl adjacent to an activating group) is 1. The lowest BCUT2D eigenvalue weighted by Gasteiger charge is -2.18. The highest BCUT2D eigenvalue weighted by molar-refractivity contribution is 7.98. The topological polar surface area (TPSA) is 78.8 Å². The molecule has 28 heavy (non-hydrogen) atoms. The molecule has 0 saturated heterocycles. The van der Waals surface area contributed by atoms with Gasteiger partial charge in [0, 0.05) is 30.7 Å². The van der Waals surface area contributed by atoms with Crippen LogP contribution in [0.3, 0.4) is 0 Å². The van der Waals surface area contributed by atoms with Crippen molar-refractivity contribution in [1.29, 1.82) is 0 Å². The van der Waals surface area contributed by atoms with Crippen molar-refractivity contribution in [1.82, 2.24) is 10.2 Å². The van der Waals surface area contributed by atoms with Gasteiger partial charge in [-0.3, -0.25) is 4.79 Å². The molecule has 0 unspecified atom stereocenters. The van der Waals surface area contributed by atoms with E-state index in [1.165, 1.54) is 28.8 Å². The highest BCUT2D eigenvalue weighted by Gasteiger charge is 2.30. The van der Waals surface area contributed by atoms with Crippen molar-refractivity contribution < 1.29 is 17.6 Å². The molecule has 1 N–H and O–H groups in total. The van der Waals surface area contributed by atoms with Crippen LogP contribution in [-0.2, 0) is 20.6 Å². The van der Waals surface area contributed by atoms with Crippen LogP contribution in [0.25, 0.3) is 0 Å². The van der Waals surface area contributed by atoms with Gasteiger partial charge in [0.15, 0.2) is 5.84 Å². The summed E-state index contributed by atoms with van der Waals surface area (Å²) in [6, 6.07) is 13.2. The number of sulfonamides is 1. The van der Waals surface area contributed by atoms with Crippen LogP contribution in [-0.4, -0.2) is 51.0 Å². The van der Waals surface area contributed by atoms with Crippen molar-refractivity contribution in [2.24, 2.45) is 4.40 Å². The fourth-order valence-corrected chi connectivity index (χ4v) is 4.87. The van der Waals surface area contributed by atoms with Gasteiger partial charge in [-0.25, -0.2) is 4.39 Å². The van der Waals surface area contributed by atoms with Gasteiger partial charge in [0.2, 0.25) is 5.91 Å². The van der Waals surface area contributed by atoms with Crippen LogP contribution >= 0.6 is 11.8 Å². The number of nitrogens with zero attached hydrogens (tertiary/aromatic N) is 2. The van der Waals surface area contributed by atoms with E-state index in [0.29, 0.717) is 29.2 Å². The molecular formula is C19H20FN3O3S2. The Bertz CT molecular complexity index is 1010. The SMILES string of the molecule is CN(CC(=O)NCCSCc1ccccc1F)C1=NS(=O)(=O)c2ccccc21. The fraction of sp³-hybridized carbons (Fsp3) is 0.263. The Kier molecular flexibility index (Phi) is 6.35. The number of rotatable bonds is 7. The molecule has 0 bridgehead atoms. The minimum absolute atomic E-state index is 0.0132. The molecule has 2 aromatic carbocycles. The number of amides is 1. The largest absolute Gasteiger partial charge is 0.354 e. The van der Waals surface area contributed by atoms with Crippen LogP contribution in [0.2, 0.25) is 0 Å². The van der Waals surface area contributed by atoms with Crippen LogP contribution in [0.1, 0.15) is 11.1 Å². The monoisotopic (exact) mass is 421 g/mol. The van der Waals surface area contributed by atoms with Gasteiger partial charge in [-0.15, -0.1) is 4.40 Å². The van der Waals surface area contributed by atoms with Crippen LogP contribution in [0.15, 0.2) is 57.8 Å². The molecule has 0 spiro atoms. The zero-order valence-corrected chi connectivity index (χ0v) is 16.9. The van der Waals surface area contributed by atoms with Gasteiger partial charge >= 0.3 is 0 Å². The van der Waals surface area contributed by atoms with E-state index in [-0.39, 0.29) is 29.0 Å². The second-order valence-electron chi connectivity index (χ2n) is 6.24. The summed E-state index contributed by atoms with van der Waals surface area (Å²) in [4.78, 5) is 13.8. The molecule has 0 saturated carbocycles. The minimum atomic E-state index is -3.71. The maximum atomic E-state index is 13.5. The third-order valence-electron chi connectivity index (χ3n) is 4.14. The van der Waals surface area contributed by atoms with Crippen molar-refractivity contribution in [2.45, 2.75) is 10.6 Å². The predicted octanol–water partition coefficient (Wildman–Crippen LogP) is 2.26. The number of amidine groups is 1. The third-order valence-corrected chi connectivity index (χ3v) is 6.47. The molecule has 1 aliphatic heterocycles. The van der Waals surface area contributed by atoms with Crippen molar-refractivity contribution in [3.63, 3.8) is 0 Å². The maximum Gasteiger partial charge on any atom is 0.285 e. The summed E-state index contributed by atoms with van der Waals surface area (Å²) in [5.41, 5.74) is 1.14. The standard InChI is InChI=1S/C19H20FN3O3S2/c1-23(19-15-7-3-5-9-17(15)28(25,26)22-19)12-18(24)21-10-11-27-13-14-6-2-4-8-16(14)20/h2-9H,10-13H2,1H3,(H,21,24). The average Bonchev–Trinajstić information content (AvgIpc) is 2.94. The van der Waals surface area contributed by atoms with E-state index in [4.69, 9.17) is 0 Å². The predicted molar refractivity (Wildman–Crippen MR) is 108 cm³/mol. The molecule has 0 radical (unpaired) electrons. The molecule has 0 aliphatic carbocycles. The third kappa shape index (κ3) is 4.71. The molecule has 9 heteroatoms. The van der Waals surface area contributed by atoms with Crippen LogP contribution in [0, 0.1) is 5.82 Å². The van der Waals surface area contributed by atoms with E-state index >= 15 is 0 Å². The number of carbonyl (C=O) groups is 1.